The van der Waals surface area contributed by atoms with Crippen molar-refractivity contribution in [3.63, 3.8) is 0 Å². The Balaban J connectivity index is 2.85. The van der Waals surface area contributed by atoms with Gasteiger partial charge in [-0.1, -0.05) is 17.7 Å². The minimum atomic E-state index is -0.879. The lowest BCUT2D eigenvalue weighted by Gasteiger charge is -2.13. The molecule has 86 valence electrons. The van der Waals surface area contributed by atoms with Crippen LogP contribution in [0.1, 0.15) is 40.4 Å². The summed E-state index contributed by atoms with van der Waals surface area (Å²) < 4.78 is 0. The Morgan fingerprint density at radius 1 is 1.56 bits per heavy atom. The molecule has 0 aliphatic carbocycles. The molecule has 0 amide bonds. The summed E-state index contributed by atoms with van der Waals surface area (Å²) in [5.74, 6) is -0.879. The minimum Gasteiger partial charge on any atom is -0.481 e. The zero-order chi connectivity index (χ0) is 12.1. The summed E-state index contributed by atoms with van der Waals surface area (Å²) in [6.07, 6.45) is 1.09. The van der Waals surface area contributed by atoms with E-state index in [1.165, 1.54) is 0 Å². The third-order valence-corrected chi connectivity index (χ3v) is 2.44. The van der Waals surface area contributed by atoms with Crippen LogP contribution in [0.25, 0.3) is 0 Å². The number of carboxylic acids is 1. The molecule has 0 bridgehead atoms. The predicted octanol–water partition coefficient (Wildman–Crippen LogP) is 1.67. The van der Waals surface area contributed by atoms with Gasteiger partial charge in [0.15, 0.2) is 0 Å². The first-order valence-electron chi connectivity index (χ1n) is 5.07. The van der Waals surface area contributed by atoms with E-state index in [4.69, 9.17) is 10.8 Å². The van der Waals surface area contributed by atoms with Crippen LogP contribution in [0.3, 0.4) is 0 Å². The van der Waals surface area contributed by atoms with Gasteiger partial charge in [0, 0.05) is 18.0 Å². The molecule has 0 saturated heterocycles. The van der Waals surface area contributed by atoms with Crippen LogP contribution in [-0.4, -0.2) is 17.4 Å². The highest BCUT2D eigenvalue weighted by atomic mass is 16.4. The van der Waals surface area contributed by atoms with Crippen LogP contribution < -0.4 is 5.73 Å². The lowest BCUT2D eigenvalue weighted by Crippen LogP contribution is -2.14. The maximum atomic E-state index is 10.9. The third-order valence-electron chi connectivity index (χ3n) is 2.44. The van der Waals surface area contributed by atoms with Crippen molar-refractivity contribution >= 4 is 12.3 Å². The number of hydrogen-bond acceptors (Lipinski definition) is 3. The summed E-state index contributed by atoms with van der Waals surface area (Å²) in [5, 5.41) is 8.55. The van der Waals surface area contributed by atoms with E-state index >= 15 is 0 Å². The molecule has 16 heavy (non-hydrogen) atoms. The largest absolute Gasteiger partial charge is 0.481 e. The molecule has 4 heteroatoms. The van der Waals surface area contributed by atoms with Crippen molar-refractivity contribution in [2.75, 3.05) is 0 Å². The molecule has 0 spiro atoms. The van der Waals surface area contributed by atoms with Gasteiger partial charge in [0.25, 0.3) is 0 Å². The third kappa shape index (κ3) is 3.17. The fraction of sp³-hybridized carbons (Fsp3) is 0.333. The summed E-state index contributed by atoms with van der Waals surface area (Å²) in [4.78, 5) is 21.3. The van der Waals surface area contributed by atoms with Gasteiger partial charge in [-0.3, -0.25) is 9.59 Å². The van der Waals surface area contributed by atoms with Crippen LogP contribution >= 0.6 is 0 Å². The molecule has 1 atom stereocenters. The summed E-state index contributed by atoms with van der Waals surface area (Å²) in [6, 6.07) is 4.99. The lowest BCUT2D eigenvalue weighted by molar-refractivity contribution is -0.137. The maximum absolute atomic E-state index is 10.9. The number of hydrogen-bond donors (Lipinski definition) is 2. The fourth-order valence-electron chi connectivity index (χ4n) is 1.57. The molecule has 0 fully saturated rings. The summed E-state index contributed by atoms with van der Waals surface area (Å²) in [6.45, 7) is 1.89. The van der Waals surface area contributed by atoms with Crippen molar-refractivity contribution in [2.45, 2.75) is 25.8 Å². The number of benzene rings is 1. The van der Waals surface area contributed by atoms with Crippen LogP contribution in [0.5, 0.6) is 0 Å². The average molecular weight is 221 g/mol. The number of carbonyl (C=O) groups excluding carboxylic acids is 1. The van der Waals surface area contributed by atoms with Crippen molar-refractivity contribution in [3.8, 4) is 0 Å². The smallest absolute Gasteiger partial charge is 0.303 e. The average Bonchev–Trinajstić information content (AvgIpc) is 2.25. The Labute approximate surface area is 94.1 Å². The van der Waals surface area contributed by atoms with Crippen LogP contribution in [-0.2, 0) is 4.79 Å². The molecule has 0 heterocycles. The number of aryl methyl sites for hydroxylation is 1. The van der Waals surface area contributed by atoms with E-state index in [0.29, 0.717) is 17.5 Å². The Morgan fingerprint density at radius 3 is 2.81 bits per heavy atom. The van der Waals surface area contributed by atoms with Gasteiger partial charge >= 0.3 is 5.97 Å². The molecule has 0 aliphatic rings. The number of aliphatic carboxylic acids is 1. The molecule has 4 nitrogen and oxygen atoms in total. The first-order chi connectivity index (χ1) is 7.54. The van der Waals surface area contributed by atoms with E-state index in [1.807, 2.05) is 13.0 Å². The highest BCUT2D eigenvalue weighted by molar-refractivity contribution is 5.78. The van der Waals surface area contributed by atoms with Gasteiger partial charge in [-0.15, -0.1) is 0 Å². The molecule has 1 aromatic rings. The van der Waals surface area contributed by atoms with Gasteiger partial charge < -0.3 is 10.8 Å². The zero-order valence-corrected chi connectivity index (χ0v) is 9.14. The van der Waals surface area contributed by atoms with E-state index in [0.717, 1.165) is 11.8 Å². The SMILES string of the molecule is Cc1ccc(C(N)CCC(=O)O)c(C=O)c1. The summed E-state index contributed by atoms with van der Waals surface area (Å²) in [7, 11) is 0. The number of nitrogens with two attached hydrogens (primary N) is 1. The molecular weight excluding hydrogens is 206 g/mol. The van der Waals surface area contributed by atoms with E-state index in [-0.39, 0.29) is 6.42 Å². The Kier molecular flexibility index (Phi) is 4.19. The van der Waals surface area contributed by atoms with Gasteiger partial charge in [-0.2, -0.15) is 0 Å². The monoisotopic (exact) mass is 221 g/mol. The van der Waals surface area contributed by atoms with Crippen LogP contribution in [0.15, 0.2) is 18.2 Å². The van der Waals surface area contributed by atoms with E-state index in [9.17, 15) is 9.59 Å². The minimum absolute atomic E-state index is 0.00728. The topological polar surface area (TPSA) is 80.4 Å². The molecule has 0 radical (unpaired) electrons. The number of carboxylic acid groups (broad SMARTS) is 1. The summed E-state index contributed by atoms with van der Waals surface area (Å²) in [5.41, 5.74) is 8.08. The van der Waals surface area contributed by atoms with Crippen LogP contribution in [0.4, 0.5) is 0 Å². The number of aldehydes is 1. The molecule has 0 aromatic heterocycles. The van der Waals surface area contributed by atoms with Crippen molar-refractivity contribution in [1.29, 1.82) is 0 Å². The number of rotatable bonds is 5. The summed E-state index contributed by atoms with van der Waals surface area (Å²) >= 11 is 0. The molecule has 1 aromatic carbocycles. The first kappa shape index (κ1) is 12.4. The second kappa shape index (κ2) is 5.42. The molecule has 0 saturated carbocycles. The molecule has 3 N–H and O–H groups in total. The molecule has 1 rings (SSSR count). The quantitative estimate of drug-likeness (QED) is 0.741. The highest BCUT2D eigenvalue weighted by Crippen LogP contribution is 2.20. The number of carbonyl (C=O) groups is 2. The van der Waals surface area contributed by atoms with Gasteiger partial charge in [-0.05, 0) is 25.0 Å². The van der Waals surface area contributed by atoms with Gasteiger partial charge in [0.05, 0.1) is 0 Å². The van der Waals surface area contributed by atoms with E-state index in [2.05, 4.69) is 0 Å². The fourth-order valence-corrected chi connectivity index (χ4v) is 1.57. The Hall–Kier alpha value is -1.68. The second-order valence-electron chi connectivity index (χ2n) is 3.79. The van der Waals surface area contributed by atoms with Crippen molar-refractivity contribution in [1.82, 2.24) is 0 Å². The van der Waals surface area contributed by atoms with Crippen molar-refractivity contribution < 1.29 is 14.7 Å². The van der Waals surface area contributed by atoms with Gasteiger partial charge in [0.1, 0.15) is 6.29 Å². The normalized spacial score (nSPS) is 12.1. The van der Waals surface area contributed by atoms with Crippen molar-refractivity contribution in [3.05, 3.63) is 34.9 Å². The lowest BCUT2D eigenvalue weighted by atomic mass is 9.96. The van der Waals surface area contributed by atoms with Gasteiger partial charge in [-0.25, -0.2) is 0 Å². The standard InChI is InChI=1S/C12H15NO3/c1-8-2-3-10(9(6-8)7-14)11(13)4-5-12(15)16/h2-3,6-7,11H,4-5,13H2,1H3,(H,15,16). The Morgan fingerprint density at radius 2 is 2.25 bits per heavy atom. The highest BCUT2D eigenvalue weighted by Gasteiger charge is 2.12. The molecule has 1 unspecified atom stereocenters. The zero-order valence-electron chi connectivity index (χ0n) is 9.14. The Bertz CT molecular complexity index is 401. The molecule has 0 aliphatic heterocycles. The molecular formula is C12H15NO3. The predicted molar refractivity (Wildman–Crippen MR) is 60.4 cm³/mol. The van der Waals surface area contributed by atoms with E-state index < -0.39 is 12.0 Å². The van der Waals surface area contributed by atoms with Crippen LogP contribution in [0, 0.1) is 6.92 Å². The first-order valence-corrected chi connectivity index (χ1v) is 5.07. The van der Waals surface area contributed by atoms with E-state index in [1.54, 1.807) is 12.1 Å². The van der Waals surface area contributed by atoms with Gasteiger partial charge in [0.2, 0.25) is 0 Å². The second-order valence-corrected chi connectivity index (χ2v) is 3.79. The maximum Gasteiger partial charge on any atom is 0.303 e. The van der Waals surface area contributed by atoms with Crippen LogP contribution in [0.2, 0.25) is 0 Å². The van der Waals surface area contributed by atoms with Crippen molar-refractivity contribution in [2.24, 2.45) is 5.73 Å².